The molecule has 1 saturated heterocycles. The number of hydrogen-bond acceptors (Lipinski definition) is 9. The van der Waals surface area contributed by atoms with Gasteiger partial charge in [0, 0.05) is 11.3 Å². The van der Waals surface area contributed by atoms with Gasteiger partial charge in [0.1, 0.15) is 35.8 Å². The maximum absolute atomic E-state index is 13.1. The first-order valence-corrected chi connectivity index (χ1v) is 10.1. The van der Waals surface area contributed by atoms with E-state index >= 15 is 0 Å². The lowest BCUT2D eigenvalue weighted by atomic mass is 9.61. The first-order chi connectivity index (χ1) is 13.5. The van der Waals surface area contributed by atoms with Gasteiger partial charge in [0.15, 0.2) is 6.29 Å². The second-order valence-corrected chi connectivity index (χ2v) is 9.25. The summed E-state index contributed by atoms with van der Waals surface area (Å²) in [5.74, 6) is -2.03. The highest BCUT2D eigenvalue weighted by atomic mass is 16.7. The van der Waals surface area contributed by atoms with Gasteiger partial charge in [0.25, 0.3) is 0 Å². The number of ether oxygens (including phenoxy) is 2. The SMILES string of the molecule is CC1=C[C@]2(O[C@@H]3O[C@H](CO)[C@@H](O)[C@H](O)[C@H]3O)C[C@@H](CO)C(=O)[C@@H]2[C@](C)(O)C12CC2. The minimum Gasteiger partial charge on any atom is -0.396 e. The summed E-state index contributed by atoms with van der Waals surface area (Å²) in [4.78, 5) is 13.1. The fraction of sp³-hybridized carbons (Fsp3) is 0.850. The van der Waals surface area contributed by atoms with Crippen LogP contribution < -0.4 is 0 Å². The van der Waals surface area contributed by atoms with Crippen molar-refractivity contribution in [1.29, 1.82) is 0 Å². The highest BCUT2D eigenvalue weighted by Crippen LogP contribution is 2.68. The Morgan fingerprint density at radius 1 is 1.14 bits per heavy atom. The summed E-state index contributed by atoms with van der Waals surface area (Å²) in [6, 6.07) is 0. The molecule has 2 saturated carbocycles. The van der Waals surface area contributed by atoms with Crippen LogP contribution in [0.1, 0.15) is 33.1 Å². The summed E-state index contributed by atoms with van der Waals surface area (Å²) < 4.78 is 11.6. The molecule has 0 amide bonds. The molecule has 164 valence electrons. The quantitative estimate of drug-likeness (QED) is 0.293. The smallest absolute Gasteiger partial charge is 0.187 e. The van der Waals surface area contributed by atoms with Crippen LogP contribution in [-0.2, 0) is 14.3 Å². The number of carbonyl (C=O) groups excluding carboxylic acids is 1. The molecule has 9 heteroatoms. The fourth-order valence-corrected chi connectivity index (χ4v) is 5.87. The number of fused-ring (bicyclic) bond motifs is 1. The third-order valence-corrected chi connectivity index (χ3v) is 7.64. The number of ketones is 1. The van der Waals surface area contributed by atoms with Crippen LogP contribution in [0.3, 0.4) is 0 Å². The third kappa shape index (κ3) is 2.80. The van der Waals surface area contributed by atoms with Gasteiger partial charge in [0.2, 0.25) is 0 Å². The van der Waals surface area contributed by atoms with Gasteiger partial charge in [-0.15, -0.1) is 0 Å². The third-order valence-electron chi connectivity index (χ3n) is 7.64. The van der Waals surface area contributed by atoms with Gasteiger partial charge in [-0.05, 0) is 33.1 Å². The van der Waals surface area contributed by atoms with Crippen molar-refractivity contribution >= 4 is 5.78 Å². The van der Waals surface area contributed by atoms with E-state index in [1.165, 1.54) is 0 Å². The molecule has 3 fully saturated rings. The number of aliphatic hydroxyl groups is 6. The molecule has 0 bridgehead atoms. The van der Waals surface area contributed by atoms with Crippen LogP contribution in [-0.4, -0.2) is 91.5 Å². The fourth-order valence-electron chi connectivity index (χ4n) is 5.87. The normalized spacial score (nSPS) is 51.1. The molecule has 0 unspecified atom stereocenters. The Labute approximate surface area is 168 Å². The zero-order valence-corrected chi connectivity index (χ0v) is 16.6. The molecule has 29 heavy (non-hydrogen) atoms. The Kier molecular flexibility index (Phi) is 5.00. The molecule has 1 heterocycles. The van der Waals surface area contributed by atoms with E-state index in [0.717, 1.165) is 18.4 Å². The van der Waals surface area contributed by atoms with Crippen LogP contribution >= 0.6 is 0 Å². The van der Waals surface area contributed by atoms with Gasteiger partial charge in [-0.1, -0.05) is 11.6 Å². The van der Waals surface area contributed by atoms with Gasteiger partial charge in [-0.2, -0.15) is 0 Å². The van der Waals surface area contributed by atoms with E-state index in [-0.39, 0.29) is 12.2 Å². The van der Waals surface area contributed by atoms with Crippen molar-refractivity contribution in [1.82, 2.24) is 0 Å². The molecule has 3 aliphatic carbocycles. The van der Waals surface area contributed by atoms with Crippen LogP contribution in [0.25, 0.3) is 0 Å². The highest BCUT2D eigenvalue weighted by Gasteiger charge is 2.72. The van der Waals surface area contributed by atoms with Gasteiger partial charge in [-0.25, -0.2) is 0 Å². The Hall–Kier alpha value is -0.910. The predicted octanol–water partition coefficient (Wildman–Crippen LogP) is -1.77. The second-order valence-electron chi connectivity index (χ2n) is 9.25. The Morgan fingerprint density at radius 2 is 1.79 bits per heavy atom. The number of hydrogen-bond donors (Lipinski definition) is 6. The number of carbonyl (C=O) groups is 1. The molecule has 1 spiro atoms. The molecule has 9 nitrogen and oxygen atoms in total. The van der Waals surface area contributed by atoms with E-state index in [2.05, 4.69) is 0 Å². The van der Waals surface area contributed by atoms with Crippen LogP contribution in [0.2, 0.25) is 0 Å². The van der Waals surface area contributed by atoms with Gasteiger partial charge >= 0.3 is 0 Å². The van der Waals surface area contributed by atoms with E-state index < -0.39 is 72.4 Å². The van der Waals surface area contributed by atoms with Crippen molar-refractivity contribution in [2.24, 2.45) is 17.3 Å². The lowest BCUT2D eigenvalue weighted by molar-refractivity contribution is -0.330. The monoisotopic (exact) mass is 414 g/mol. The molecule has 4 aliphatic rings. The van der Waals surface area contributed by atoms with Crippen LogP contribution in [0.4, 0.5) is 0 Å². The van der Waals surface area contributed by atoms with Crippen LogP contribution in [0.5, 0.6) is 0 Å². The first-order valence-electron chi connectivity index (χ1n) is 10.1. The lowest BCUT2D eigenvalue weighted by Crippen LogP contribution is -2.64. The van der Waals surface area contributed by atoms with Crippen molar-refractivity contribution in [3.05, 3.63) is 11.6 Å². The van der Waals surface area contributed by atoms with Crippen molar-refractivity contribution in [2.75, 3.05) is 13.2 Å². The summed E-state index contributed by atoms with van der Waals surface area (Å²) in [7, 11) is 0. The minimum absolute atomic E-state index is 0.0889. The molecular formula is C20H30O9. The zero-order chi connectivity index (χ0) is 21.4. The highest BCUT2D eigenvalue weighted by molar-refractivity contribution is 5.90. The maximum atomic E-state index is 13.1. The van der Waals surface area contributed by atoms with Gasteiger partial charge < -0.3 is 40.1 Å². The number of aliphatic hydroxyl groups excluding tert-OH is 5. The standard InChI is InChI=1S/C20H30O9/c1-9-5-20(29-17-15(26)14(25)13(24)11(8-22)28-17)6-10(7-21)12(23)16(20)18(2,27)19(9)3-4-19/h5,10-11,13-17,21-22,24-27H,3-4,6-8H2,1-2H3/t10-,11+,13+,14-,15+,16+,17-,18-,20-/m0/s1. The molecular weight excluding hydrogens is 384 g/mol. The molecule has 4 rings (SSSR count). The van der Waals surface area contributed by atoms with E-state index in [1.807, 2.05) is 6.92 Å². The summed E-state index contributed by atoms with van der Waals surface area (Å²) in [6.07, 6.45) is -3.99. The van der Waals surface area contributed by atoms with Crippen LogP contribution in [0.15, 0.2) is 11.6 Å². The first kappa shape index (κ1) is 21.3. The molecule has 0 aromatic heterocycles. The number of Topliss-reactive ketones (excluding diaryl/α,β-unsaturated/α-hetero) is 1. The summed E-state index contributed by atoms with van der Waals surface area (Å²) in [5, 5.41) is 61.1. The molecule has 0 radical (unpaired) electrons. The molecule has 0 aromatic rings. The van der Waals surface area contributed by atoms with E-state index in [9.17, 15) is 35.4 Å². The topological polar surface area (TPSA) is 157 Å². The van der Waals surface area contributed by atoms with Crippen LogP contribution in [0, 0.1) is 17.3 Å². The summed E-state index contributed by atoms with van der Waals surface area (Å²) >= 11 is 0. The average molecular weight is 414 g/mol. The van der Waals surface area contributed by atoms with Crippen molar-refractivity contribution in [3.8, 4) is 0 Å². The van der Waals surface area contributed by atoms with Crippen molar-refractivity contribution in [3.63, 3.8) is 0 Å². The Morgan fingerprint density at radius 3 is 2.34 bits per heavy atom. The Balaban J connectivity index is 1.74. The molecule has 9 atom stereocenters. The predicted molar refractivity (Wildman–Crippen MR) is 97.3 cm³/mol. The Bertz CT molecular complexity index is 713. The number of rotatable bonds is 4. The average Bonchev–Trinajstić information content (AvgIpc) is 3.43. The summed E-state index contributed by atoms with van der Waals surface area (Å²) in [6.45, 7) is 2.48. The lowest BCUT2D eigenvalue weighted by Gasteiger charge is -2.52. The van der Waals surface area contributed by atoms with E-state index in [0.29, 0.717) is 0 Å². The molecule has 6 N–H and O–H groups in total. The van der Waals surface area contributed by atoms with Gasteiger partial charge in [0.05, 0.1) is 24.7 Å². The van der Waals surface area contributed by atoms with Crippen molar-refractivity contribution in [2.45, 2.75) is 75.0 Å². The van der Waals surface area contributed by atoms with Crippen molar-refractivity contribution < 1.29 is 44.9 Å². The van der Waals surface area contributed by atoms with E-state index in [4.69, 9.17) is 9.47 Å². The largest absolute Gasteiger partial charge is 0.396 e. The zero-order valence-electron chi connectivity index (χ0n) is 16.6. The minimum atomic E-state index is -1.62. The second kappa shape index (κ2) is 6.80. The maximum Gasteiger partial charge on any atom is 0.187 e. The molecule has 1 aliphatic heterocycles. The molecule has 0 aromatic carbocycles. The van der Waals surface area contributed by atoms with E-state index in [1.54, 1.807) is 13.0 Å². The van der Waals surface area contributed by atoms with Gasteiger partial charge in [-0.3, -0.25) is 4.79 Å². The summed E-state index contributed by atoms with van der Waals surface area (Å²) in [5.41, 5.74) is -2.41.